The van der Waals surface area contributed by atoms with E-state index in [0.29, 0.717) is 5.56 Å². The van der Waals surface area contributed by atoms with E-state index in [1.165, 1.54) is 0 Å². The van der Waals surface area contributed by atoms with Gasteiger partial charge in [0.2, 0.25) is 11.6 Å². The van der Waals surface area contributed by atoms with E-state index in [1.54, 1.807) is 66.7 Å². The number of ether oxygens (including phenoxy) is 1. The van der Waals surface area contributed by atoms with Gasteiger partial charge in [-0.1, -0.05) is 76.6 Å². The Labute approximate surface area is 196 Å². The number of ketones is 4. The number of Topliss-reactive ketones (excluding diaryl/α,β-unsaturated/α-hetero) is 4. The van der Waals surface area contributed by atoms with E-state index in [0.717, 1.165) is 4.47 Å². The summed E-state index contributed by atoms with van der Waals surface area (Å²) in [6.45, 7) is 0. The van der Waals surface area contributed by atoms with Gasteiger partial charge in [0.15, 0.2) is 23.1 Å². The van der Waals surface area contributed by atoms with Crippen LogP contribution >= 0.6 is 15.9 Å². The third kappa shape index (κ3) is 2.71. The van der Waals surface area contributed by atoms with Gasteiger partial charge in [0.1, 0.15) is 0 Å². The minimum atomic E-state index is -0.920. The number of carbonyl (C=O) groups is 4. The fourth-order valence-electron chi connectivity index (χ4n) is 4.74. The molecule has 0 fully saturated rings. The molecule has 6 heteroatoms. The normalized spacial score (nSPS) is 17.4. The van der Waals surface area contributed by atoms with Crippen LogP contribution in [-0.4, -0.2) is 23.1 Å². The highest BCUT2D eigenvalue weighted by molar-refractivity contribution is 9.10. The summed E-state index contributed by atoms with van der Waals surface area (Å²) in [5.41, 5.74) is 1.70. The van der Waals surface area contributed by atoms with Gasteiger partial charge in [0.05, 0.1) is 11.1 Å². The lowest BCUT2D eigenvalue weighted by Crippen LogP contribution is -2.36. The molecule has 158 valence electrons. The third-order valence-corrected chi connectivity index (χ3v) is 6.68. The van der Waals surface area contributed by atoms with E-state index >= 15 is 0 Å². The quantitative estimate of drug-likeness (QED) is 0.460. The van der Waals surface area contributed by atoms with Crippen molar-refractivity contribution >= 4 is 39.1 Å². The van der Waals surface area contributed by atoms with Crippen molar-refractivity contribution in [2.45, 2.75) is 5.92 Å². The Morgan fingerprint density at radius 2 is 1.03 bits per heavy atom. The number of hydrogen-bond acceptors (Lipinski definition) is 5. The fraction of sp³-hybridized carbons (Fsp3) is 0.0370. The van der Waals surface area contributed by atoms with Gasteiger partial charge < -0.3 is 4.74 Å². The highest BCUT2D eigenvalue weighted by atomic mass is 79.9. The molecule has 6 rings (SSSR count). The molecule has 0 spiro atoms. The molecular weight excluding hydrogens is 484 g/mol. The first-order chi connectivity index (χ1) is 16.0. The Bertz CT molecular complexity index is 1430. The summed E-state index contributed by atoms with van der Waals surface area (Å²) < 4.78 is 6.60. The summed E-state index contributed by atoms with van der Waals surface area (Å²) in [5.74, 6) is -3.05. The average Bonchev–Trinajstić information content (AvgIpc) is 2.84. The minimum absolute atomic E-state index is 0.0797. The first-order valence-corrected chi connectivity index (χ1v) is 11.0. The van der Waals surface area contributed by atoms with Crippen molar-refractivity contribution in [3.05, 3.63) is 128 Å². The summed E-state index contributed by atoms with van der Waals surface area (Å²) in [6, 6.07) is 20.1. The number of allylic oxidation sites excluding steroid dienone is 4. The summed E-state index contributed by atoms with van der Waals surface area (Å²) in [5, 5.41) is 0. The summed E-state index contributed by atoms with van der Waals surface area (Å²) in [7, 11) is 0. The Morgan fingerprint density at radius 1 is 0.576 bits per heavy atom. The largest absolute Gasteiger partial charge is 0.448 e. The predicted molar refractivity (Wildman–Crippen MR) is 122 cm³/mol. The van der Waals surface area contributed by atoms with Gasteiger partial charge in [-0.05, 0) is 17.7 Å². The number of fused-ring (bicyclic) bond motifs is 2. The molecule has 0 unspecified atom stereocenters. The molecule has 0 amide bonds. The molecule has 0 aromatic heterocycles. The number of carbonyl (C=O) groups excluding carboxylic acids is 4. The SMILES string of the molecule is O=C1C2=C(C(=O)c3ccccc31)C(c1cccc(Br)c1)C1=C(O2)C(=O)c2ccccc2C1=O. The van der Waals surface area contributed by atoms with Gasteiger partial charge in [-0.15, -0.1) is 0 Å². The van der Waals surface area contributed by atoms with Crippen LogP contribution in [0.1, 0.15) is 52.9 Å². The zero-order valence-corrected chi connectivity index (χ0v) is 18.5. The first-order valence-electron chi connectivity index (χ1n) is 10.3. The second-order valence-electron chi connectivity index (χ2n) is 7.98. The van der Waals surface area contributed by atoms with Crippen LogP contribution in [-0.2, 0) is 4.74 Å². The van der Waals surface area contributed by atoms with Gasteiger partial charge in [-0.3, -0.25) is 19.2 Å². The second kappa shape index (κ2) is 7.05. The molecule has 5 nitrogen and oxygen atoms in total. The van der Waals surface area contributed by atoms with E-state index in [9.17, 15) is 19.2 Å². The van der Waals surface area contributed by atoms with Gasteiger partial charge in [-0.2, -0.15) is 0 Å². The van der Waals surface area contributed by atoms with Crippen LogP contribution < -0.4 is 0 Å². The van der Waals surface area contributed by atoms with Crippen molar-refractivity contribution in [3.63, 3.8) is 0 Å². The number of hydrogen-bond donors (Lipinski definition) is 0. The van der Waals surface area contributed by atoms with E-state index < -0.39 is 29.1 Å². The second-order valence-corrected chi connectivity index (χ2v) is 8.90. The average molecular weight is 497 g/mol. The molecule has 1 heterocycles. The molecule has 0 atom stereocenters. The Kier molecular flexibility index (Phi) is 4.22. The maximum Gasteiger partial charge on any atom is 0.229 e. The molecule has 0 N–H and O–H groups in total. The van der Waals surface area contributed by atoms with Gasteiger partial charge in [-0.25, -0.2) is 0 Å². The van der Waals surface area contributed by atoms with Crippen LogP contribution in [0.2, 0.25) is 0 Å². The van der Waals surface area contributed by atoms with Crippen LogP contribution in [0.25, 0.3) is 0 Å². The van der Waals surface area contributed by atoms with E-state index in [1.807, 2.05) is 6.07 Å². The molecule has 0 saturated carbocycles. The van der Waals surface area contributed by atoms with Crippen LogP contribution in [0.4, 0.5) is 0 Å². The smallest absolute Gasteiger partial charge is 0.229 e. The van der Waals surface area contributed by atoms with Crippen molar-refractivity contribution in [3.8, 4) is 0 Å². The molecule has 3 aliphatic rings. The van der Waals surface area contributed by atoms with Crippen LogP contribution in [0.15, 0.2) is 99.9 Å². The van der Waals surface area contributed by atoms with Crippen molar-refractivity contribution in [2.75, 3.05) is 0 Å². The van der Waals surface area contributed by atoms with Gasteiger partial charge >= 0.3 is 0 Å². The zero-order valence-electron chi connectivity index (χ0n) is 16.9. The van der Waals surface area contributed by atoms with E-state index in [2.05, 4.69) is 15.9 Å². The molecule has 3 aromatic carbocycles. The third-order valence-electron chi connectivity index (χ3n) is 6.19. The lowest BCUT2D eigenvalue weighted by atomic mass is 9.70. The fourth-order valence-corrected chi connectivity index (χ4v) is 5.15. The van der Waals surface area contributed by atoms with Crippen LogP contribution in [0.3, 0.4) is 0 Å². The maximum atomic E-state index is 13.7. The highest BCUT2D eigenvalue weighted by Gasteiger charge is 2.49. The lowest BCUT2D eigenvalue weighted by Gasteiger charge is -2.35. The zero-order chi connectivity index (χ0) is 22.9. The minimum Gasteiger partial charge on any atom is -0.448 e. The molecule has 1 aliphatic heterocycles. The van der Waals surface area contributed by atoms with Crippen LogP contribution in [0, 0.1) is 0 Å². The Morgan fingerprint density at radius 3 is 1.48 bits per heavy atom. The van der Waals surface area contributed by atoms with Crippen molar-refractivity contribution < 1.29 is 23.9 Å². The van der Waals surface area contributed by atoms with Crippen LogP contribution in [0.5, 0.6) is 0 Å². The van der Waals surface area contributed by atoms with E-state index in [-0.39, 0.29) is 44.9 Å². The Hall–Kier alpha value is -3.90. The van der Waals surface area contributed by atoms with Crippen molar-refractivity contribution in [1.29, 1.82) is 0 Å². The number of rotatable bonds is 1. The monoisotopic (exact) mass is 496 g/mol. The molecule has 0 saturated heterocycles. The van der Waals surface area contributed by atoms with Gasteiger partial charge in [0, 0.05) is 32.6 Å². The standard InChI is InChI=1S/C27H13BrO5/c28-14-7-5-6-13(12-14)19-20-22(29)15-8-1-3-10-17(15)24(31)26(20)33-27-21(19)23(30)16-9-2-4-11-18(16)25(27)32/h1-12,19H. The molecule has 0 bridgehead atoms. The number of halogens is 1. The molecule has 0 radical (unpaired) electrons. The topological polar surface area (TPSA) is 77.5 Å². The molecular formula is C27H13BrO5. The van der Waals surface area contributed by atoms with Crippen molar-refractivity contribution in [2.24, 2.45) is 0 Å². The predicted octanol–water partition coefficient (Wildman–Crippen LogP) is 5.23. The lowest BCUT2D eigenvalue weighted by molar-refractivity contribution is 0.0822. The first kappa shape index (κ1) is 19.8. The summed E-state index contributed by atoms with van der Waals surface area (Å²) in [4.78, 5) is 54.1. The van der Waals surface area contributed by atoms with Crippen molar-refractivity contribution in [1.82, 2.24) is 0 Å². The van der Waals surface area contributed by atoms with Gasteiger partial charge in [0.25, 0.3) is 0 Å². The molecule has 3 aromatic rings. The molecule has 33 heavy (non-hydrogen) atoms. The summed E-state index contributed by atoms with van der Waals surface area (Å²) in [6.07, 6.45) is 0. The highest BCUT2D eigenvalue weighted by Crippen LogP contribution is 2.48. The maximum absolute atomic E-state index is 13.7. The summed E-state index contributed by atoms with van der Waals surface area (Å²) >= 11 is 3.44. The Balaban J connectivity index is 1.65. The molecule has 2 aliphatic carbocycles. The number of benzene rings is 3. The van der Waals surface area contributed by atoms with E-state index in [4.69, 9.17) is 4.74 Å².